The molecule has 1 amide bonds. The van der Waals surface area contributed by atoms with Crippen LogP contribution < -0.4 is 10.5 Å². The fourth-order valence-corrected chi connectivity index (χ4v) is 2.57. The van der Waals surface area contributed by atoms with Crippen LogP contribution in [0.2, 0.25) is 0 Å². The summed E-state index contributed by atoms with van der Waals surface area (Å²) in [4.78, 5) is 23.3. The Morgan fingerprint density at radius 1 is 1.15 bits per heavy atom. The molecule has 1 aromatic heterocycles. The number of carbonyl (C=O) groups excluding carboxylic acids is 2. The lowest BCUT2D eigenvalue weighted by atomic mass is 10.1. The summed E-state index contributed by atoms with van der Waals surface area (Å²) < 4.78 is 15.9. The van der Waals surface area contributed by atoms with Crippen LogP contribution in [0.4, 0.5) is 0 Å². The molecule has 2 aromatic carbocycles. The van der Waals surface area contributed by atoms with E-state index in [2.05, 4.69) is 5.16 Å². The second-order valence-corrected chi connectivity index (χ2v) is 5.83. The number of aryl methyl sites for hydroxylation is 2. The lowest BCUT2D eigenvalue weighted by Gasteiger charge is -2.12. The van der Waals surface area contributed by atoms with Crippen molar-refractivity contribution in [1.29, 1.82) is 0 Å². The Balaban J connectivity index is 1.94. The summed E-state index contributed by atoms with van der Waals surface area (Å²) in [7, 11) is 0. The number of nitrogens with two attached hydrogens (primary N) is 1. The summed E-state index contributed by atoms with van der Waals surface area (Å²) in [6.07, 6.45) is 0. The number of aromatic nitrogens is 1. The van der Waals surface area contributed by atoms with Crippen molar-refractivity contribution >= 4 is 22.6 Å². The third-order valence-corrected chi connectivity index (χ3v) is 3.97. The molecule has 7 heteroatoms. The van der Waals surface area contributed by atoms with E-state index in [-0.39, 0.29) is 12.2 Å². The number of amides is 1. The average molecular weight is 354 g/mol. The molecule has 3 rings (SSSR count). The molecule has 0 fully saturated rings. The largest absolute Gasteiger partial charge is 0.488 e. The predicted octanol–water partition coefficient (Wildman–Crippen LogP) is 2.67. The second kappa shape index (κ2) is 7.26. The van der Waals surface area contributed by atoms with Gasteiger partial charge in [-0.1, -0.05) is 29.4 Å². The van der Waals surface area contributed by atoms with E-state index in [1.807, 2.05) is 31.2 Å². The summed E-state index contributed by atoms with van der Waals surface area (Å²) in [6.45, 7) is 3.31. The van der Waals surface area contributed by atoms with Gasteiger partial charge in [-0.15, -0.1) is 0 Å². The topological polar surface area (TPSA) is 105 Å². The van der Waals surface area contributed by atoms with Crippen LogP contribution in [0.3, 0.4) is 0 Å². The summed E-state index contributed by atoms with van der Waals surface area (Å²) in [5.41, 5.74) is 6.80. The average Bonchev–Trinajstić information content (AvgIpc) is 2.95. The number of rotatable bonds is 6. The van der Waals surface area contributed by atoms with E-state index in [0.717, 1.165) is 22.0 Å². The summed E-state index contributed by atoms with van der Waals surface area (Å²) >= 11 is 0. The van der Waals surface area contributed by atoms with Crippen molar-refractivity contribution in [1.82, 2.24) is 5.16 Å². The fourth-order valence-electron chi connectivity index (χ4n) is 2.57. The minimum atomic E-state index is -0.725. The molecule has 1 heterocycles. The number of ether oxygens (including phenoxy) is 2. The highest BCUT2D eigenvalue weighted by Crippen LogP contribution is 2.28. The van der Waals surface area contributed by atoms with Crippen molar-refractivity contribution in [2.45, 2.75) is 20.5 Å². The molecule has 0 saturated heterocycles. The maximum absolute atomic E-state index is 12.4. The van der Waals surface area contributed by atoms with E-state index >= 15 is 0 Å². The van der Waals surface area contributed by atoms with Gasteiger partial charge in [0.1, 0.15) is 23.7 Å². The van der Waals surface area contributed by atoms with Crippen molar-refractivity contribution in [2.24, 2.45) is 5.73 Å². The number of primary amides is 1. The van der Waals surface area contributed by atoms with Gasteiger partial charge >= 0.3 is 5.97 Å². The molecule has 0 atom stereocenters. The van der Waals surface area contributed by atoms with Gasteiger partial charge in [0.2, 0.25) is 0 Å². The SMILES string of the molecule is Cc1noc(C)c1COc1cc2ccccc2cc1C(=O)OCC(N)=O. The Kier molecular flexibility index (Phi) is 4.88. The maximum atomic E-state index is 12.4. The molecule has 26 heavy (non-hydrogen) atoms. The monoisotopic (exact) mass is 354 g/mol. The third kappa shape index (κ3) is 3.66. The number of fused-ring (bicyclic) bond motifs is 1. The molecular formula is C19H18N2O5. The van der Waals surface area contributed by atoms with Crippen LogP contribution >= 0.6 is 0 Å². The van der Waals surface area contributed by atoms with Gasteiger partial charge in [0, 0.05) is 0 Å². The number of hydrogen-bond donors (Lipinski definition) is 1. The lowest BCUT2D eigenvalue weighted by molar-refractivity contribution is -0.121. The molecule has 0 saturated carbocycles. The quantitative estimate of drug-likeness (QED) is 0.682. The summed E-state index contributed by atoms with van der Waals surface area (Å²) in [6, 6.07) is 11.0. The molecule has 134 valence electrons. The molecule has 2 N–H and O–H groups in total. The Labute approximate surface area is 149 Å². The van der Waals surface area contributed by atoms with Crippen LogP contribution in [0, 0.1) is 13.8 Å². The Morgan fingerprint density at radius 2 is 1.85 bits per heavy atom. The Hall–Kier alpha value is -3.35. The zero-order chi connectivity index (χ0) is 18.7. The summed E-state index contributed by atoms with van der Waals surface area (Å²) in [5, 5.41) is 5.65. The predicted molar refractivity (Wildman–Crippen MR) is 93.7 cm³/mol. The van der Waals surface area contributed by atoms with Gasteiger partial charge in [-0.2, -0.15) is 0 Å². The fraction of sp³-hybridized carbons (Fsp3) is 0.211. The van der Waals surface area contributed by atoms with Crippen LogP contribution in [0.15, 0.2) is 40.9 Å². The van der Waals surface area contributed by atoms with Crippen LogP contribution in [-0.2, 0) is 16.1 Å². The first kappa shape index (κ1) is 17.5. The van der Waals surface area contributed by atoms with E-state index in [1.54, 1.807) is 19.1 Å². The van der Waals surface area contributed by atoms with Crippen molar-refractivity contribution in [3.63, 3.8) is 0 Å². The van der Waals surface area contributed by atoms with Crippen molar-refractivity contribution < 1.29 is 23.6 Å². The lowest BCUT2D eigenvalue weighted by Crippen LogP contribution is -2.21. The first-order valence-electron chi connectivity index (χ1n) is 7.98. The van der Waals surface area contributed by atoms with E-state index in [9.17, 15) is 9.59 Å². The van der Waals surface area contributed by atoms with Gasteiger partial charge in [0.15, 0.2) is 6.61 Å². The van der Waals surface area contributed by atoms with Crippen LogP contribution in [0.5, 0.6) is 5.75 Å². The third-order valence-electron chi connectivity index (χ3n) is 3.97. The van der Waals surface area contributed by atoms with E-state index in [1.165, 1.54) is 0 Å². The maximum Gasteiger partial charge on any atom is 0.342 e. The highest BCUT2D eigenvalue weighted by Gasteiger charge is 2.18. The molecule has 7 nitrogen and oxygen atoms in total. The first-order valence-corrected chi connectivity index (χ1v) is 7.98. The molecule has 0 aliphatic carbocycles. The number of carbonyl (C=O) groups is 2. The van der Waals surface area contributed by atoms with Crippen molar-refractivity contribution in [3.8, 4) is 5.75 Å². The minimum absolute atomic E-state index is 0.190. The normalized spacial score (nSPS) is 10.7. The molecule has 0 bridgehead atoms. The second-order valence-electron chi connectivity index (χ2n) is 5.83. The van der Waals surface area contributed by atoms with E-state index in [0.29, 0.717) is 11.5 Å². The minimum Gasteiger partial charge on any atom is -0.488 e. The zero-order valence-electron chi connectivity index (χ0n) is 14.4. The number of esters is 1. The Bertz CT molecular complexity index is 958. The molecule has 0 radical (unpaired) electrons. The van der Waals surface area contributed by atoms with Gasteiger partial charge in [-0.3, -0.25) is 4.79 Å². The van der Waals surface area contributed by atoms with Crippen LogP contribution in [-0.4, -0.2) is 23.6 Å². The highest BCUT2D eigenvalue weighted by atomic mass is 16.5. The standard InChI is InChI=1S/C19H18N2O5/c1-11-16(12(2)26-21-11)9-24-17-8-14-6-4-3-5-13(14)7-15(17)19(23)25-10-18(20)22/h3-8H,9-10H2,1-2H3,(H2,20,22). The highest BCUT2D eigenvalue weighted by molar-refractivity contribution is 5.99. The van der Waals surface area contributed by atoms with Gasteiger partial charge in [0.25, 0.3) is 5.91 Å². The first-order chi connectivity index (χ1) is 12.5. The van der Waals surface area contributed by atoms with E-state index < -0.39 is 18.5 Å². The van der Waals surface area contributed by atoms with Crippen LogP contribution in [0.25, 0.3) is 10.8 Å². The molecular weight excluding hydrogens is 336 g/mol. The van der Waals surface area contributed by atoms with Crippen LogP contribution in [0.1, 0.15) is 27.4 Å². The molecule has 0 spiro atoms. The molecule has 0 aliphatic heterocycles. The number of benzene rings is 2. The van der Waals surface area contributed by atoms with Crippen molar-refractivity contribution in [3.05, 3.63) is 59.0 Å². The Morgan fingerprint density at radius 3 is 2.46 bits per heavy atom. The molecule has 0 aliphatic rings. The van der Waals surface area contributed by atoms with E-state index in [4.69, 9.17) is 19.7 Å². The number of nitrogens with zero attached hydrogens (tertiary/aromatic N) is 1. The van der Waals surface area contributed by atoms with Gasteiger partial charge in [-0.05, 0) is 36.8 Å². The molecule has 0 unspecified atom stereocenters. The van der Waals surface area contributed by atoms with Gasteiger partial charge in [0.05, 0.1) is 11.3 Å². The smallest absolute Gasteiger partial charge is 0.342 e. The number of hydrogen-bond acceptors (Lipinski definition) is 6. The van der Waals surface area contributed by atoms with Crippen molar-refractivity contribution in [2.75, 3.05) is 6.61 Å². The molecule has 3 aromatic rings. The van der Waals surface area contributed by atoms with Gasteiger partial charge in [-0.25, -0.2) is 4.79 Å². The van der Waals surface area contributed by atoms with Gasteiger partial charge < -0.3 is 19.7 Å². The summed E-state index contributed by atoms with van der Waals surface area (Å²) in [5.74, 6) is -0.403. The zero-order valence-corrected chi connectivity index (χ0v) is 14.4.